The molecule has 0 spiro atoms. The quantitative estimate of drug-likeness (QED) is 0.477. The number of allylic oxidation sites excluding steroid dienone is 1. The second-order valence-corrected chi connectivity index (χ2v) is 12.5. The fourth-order valence-corrected chi connectivity index (χ4v) is 6.14. The van der Waals surface area contributed by atoms with E-state index in [1.54, 1.807) is 13.0 Å². The molecule has 0 radical (unpaired) electrons. The van der Waals surface area contributed by atoms with Gasteiger partial charge in [-0.2, -0.15) is 13.2 Å². The lowest BCUT2D eigenvalue weighted by Crippen LogP contribution is -2.56. The molecule has 1 aliphatic heterocycles. The zero-order valence-electron chi connectivity index (χ0n) is 21.4. The maximum Gasteiger partial charge on any atom is 0.416 e. The summed E-state index contributed by atoms with van der Waals surface area (Å²) >= 11 is 6.25. The molecule has 2 amide bonds. The third-order valence-corrected chi connectivity index (χ3v) is 9.23. The Morgan fingerprint density at radius 1 is 1.08 bits per heavy atom. The molecule has 2 aliphatic rings. The molecule has 1 fully saturated rings. The van der Waals surface area contributed by atoms with Gasteiger partial charge in [-0.25, -0.2) is 8.42 Å². The topological polar surface area (TPSA) is 95.6 Å². The molecule has 1 aliphatic carbocycles. The Bertz CT molecular complexity index is 1410. The van der Waals surface area contributed by atoms with Crippen LogP contribution in [0, 0.1) is 11.8 Å². The average Bonchev–Trinajstić information content (AvgIpc) is 3.72. The molecule has 2 unspecified atom stereocenters. The van der Waals surface area contributed by atoms with E-state index in [9.17, 15) is 31.2 Å². The van der Waals surface area contributed by atoms with Gasteiger partial charge in [0.2, 0.25) is 5.91 Å². The van der Waals surface area contributed by atoms with E-state index in [1.807, 2.05) is 6.92 Å². The molecular formula is C27H29ClF3N3O4S. The second kappa shape index (κ2) is 10.8. The lowest BCUT2D eigenvalue weighted by Gasteiger charge is -2.32. The highest BCUT2D eigenvalue weighted by atomic mass is 35.5. The maximum absolute atomic E-state index is 13.8. The molecule has 2 aromatic carbocycles. The first kappa shape index (κ1) is 28.9. The van der Waals surface area contributed by atoms with Gasteiger partial charge in [-0.1, -0.05) is 36.7 Å². The summed E-state index contributed by atoms with van der Waals surface area (Å²) in [7, 11) is -4.44. The number of amides is 2. The number of benzene rings is 2. The minimum Gasteiger partial charge on any atom is -0.350 e. The molecule has 2 aromatic rings. The molecule has 4 rings (SSSR count). The van der Waals surface area contributed by atoms with Gasteiger partial charge in [0.25, 0.3) is 15.9 Å². The van der Waals surface area contributed by atoms with Crippen LogP contribution in [0.15, 0.2) is 59.5 Å². The third kappa shape index (κ3) is 6.41. The molecule has 210 valence electrons. The first-order valence-corrected chi connectivity index (χ1v) is 14.3. The molecule has 1 saturated carbocycles. The summed E-state index contributed by atoms with van der Waals surface area (Å²) in [5.74, 6) is -1.14. The van der Waals surface area contributed by atoms with Gasteiger partial charge in [-0.15, -0.1) is 0 Å². The second-order valence-electron chi connectivity index (χ2n) is 10.2. The summed E-state index contributed by atoms with van der Waals surface area (Å²) in [6, 6.07) is 7.57. The molecule has 0 saturated heterocycles. The summed E-state index contributed by atoms with van der Waals surface area (Å²) in [6.07, 6.45) is 0.535. The van der Waals surface area contributed by atoms with E-state index in [0.717, 1.165) is 41.4 Å². The highest BCUT2D eigenvalue weighted by Crippen LogP contribution is 2.40. The van der Waals surface area contributed by atoms with Gasteiger partial charge < -0.3 is 10.6 Å². The average molecular weight is 584 g/mol. The zero-order chi connectivity index (χ0) is 28.6. The van der Waals surface area contributed by atoms with Crippen LogP contribution in [0.3, 0.4) is 0 Å². The predicted molar refractivity (Wildman–Crippen MR) is 142 cm³/mol. The van der Waals surface area contributed by atoms with Crippen molar-refractivity contribution >= 4 is 39.1 Å². The van der Waals surface area contributed by atoms with Gasteiger partial charge in [0.05, 0.1) is 38.8 Å². The van der Waals surface area contributed by atoms with E-state index >= 15 is 0 Å². The number of fused-ring (bicyclic) bond motifs is 2. The Labute approximate surface area is 230 Å². The number of hydrogen-bond acceptors (Lipinski definition) is 4. The smallest absolute Gasteiger partial charge is 0.350 e. The number of carbonyl (C=O) groups is 2. The number of alkyl halides is 3. The molecule has 1 heterocycles. The van der Waals surface area contributed by atoms with Crippen molar-refractivity contribution in [1.82, 2.24) is 10.6 Å². The standard InChI is InChI=1S/C27H29ClF3N3O4S/c1-17-6-3-4-13-34(20-8-5-7-19(14-20)27(29,30)31)39(37,38)21-11-12-23(28)22(15-21)25(36)32-16-26(2,18-9-10-18)33-24(17)35/h3-5,7-8,11-12,14-15,17-18H,6,9-10,13,16H2,1-2H3,(H,32,36)(H,33,35)/b4-3+. The van der Waals surface area contributed by atoms with Crippen LogP contribution in [0.1, 0.15) is 49.0 Å². The zero-order valence-corrected chi connectivity index (χ0v) is 23.0. The molecule has 2 N–H and O–H groups in total. The van der Waals surface area contributed by atoms with E-state index in [-0.39, 0.29) is 52.5 Å². The number of nitrogens with one attached hydrogen (secondary N) is 2. The Hall–Kier alpha value is -3.05. The van der Waals surface area contributed by atoms with Crippen molar-refractivity contribution in [3.8, 4) is 0 Å². The lowest BCUT2D eigenvalue weighted by atomic mass is 9.93. The number of rotatable bonds is 2. The first-order chi connectivity index (χ1) is 18.2. The number of sulfonamides is 1. The molecule has 7 nitrogen and oxygen atoms in total. The van der Waals surface area contributed by atoms with Crippen molar-refractivity contribution in [2.75, 3.05) is 17.4 Å². The van der Waals surface area contributed by atoms with Gasteiger partial charge >= 0.3 is 6.18 Å². The Morgan fingerprint density at radius 2 is 1.79 bits per heavy atom. The Kier molecular flexibility index (Phi) is 8.05. The minimum absolute atomic E-state index is 0.00358. The van der Waals surface area contributed by atoms with Gasteiger partial charge in [0.1, 0.15) is 0 Å². The normalized spacial score (nSPS) is 25.5. The minimum atomic E-state index is -4.68. The fraction of sp³-hybridized carbons (Fsp3) is 0.407. The van der Waals surface area contributed by atoms with E-state index < -0.39 is 39.1 Å². The Morgan fingerprint density at radius 3 is 2.46 bits per heavy atom. The van der Waals surface area contributed by atoms with Crippen LogP contribution in [0.2, 0.25) is 5.02 Å². The van der Waals surface area contributed by atoms with E-state index in [1.165, 1.54) is 24.3 Å². The van der Waals surface area contributed by atoms with Crippen molar-refractivity contribution in [3.05, 3.63) is 70.8 Å². The maximum atomic E-state index is 13.8. The fourth-order valence-electron chi connectivity index (χ4n) is 4.50. The van der Waals surface area contributed by atoms with Crippen LogP contribution < -0.4 is 14.9 Å². The number of carbonyl (C=O) groups excluding carboxylic acids is 2. The summed E-state index contributed by atoms with van der Waals surface area (Å²) in [5.41, 5.74) is -2.02. The molecular weight excluding hydrogens is 555 g/mol. The van der Waals surface area contributed by atoms with Crippen molar-refractivity contribution in [2.24, 2.45) is 11.8 Å². The Balaban J connectivity index is 1.79. The van der Waals surface area contributed by atoms with Gasteiger partial charge in [-0.3, -0.25) is 13.9 Å². The highest BCUT2D eigenvalue weighted by Gasteiger charge is 2.43. The summed E-state index contributed by atoms with van der Waals surface area (Å²) in [6.45, 7) is 3.39. The summed E-state index contributed by atoms with van der Waals surface area (Å²) in [4.78, 5) is 25.8. The molecule has 2 bridgehead atoms. The van der Waals surface area contributed by atoms with Crippen LogP contribution >= 0.6 is 11.6 Å². The molecule has 39 heavy (non-hydrogen) atoms. The molecule has 12 heteroatoms. The van der Waals surface area contributed by atoms with Crippen LogP contribution in [-0.4, -0.2) is 38.9 Å². The van der Waals surface area contributed by atoms with Crippen molar-refractivity contribution in [1.29, 1.82) is 0 Å². The number of halogens is 4. The number of nitrogens with zero attached hydrogens (tertiary/aromatic N) is 1. The molecule has 2 atom stereocenters. The van der Waals surface area contributed by atoms with Crippen molar-refractivity contribution in [2.45, 2.75) is 49.7 Å². The van der Waals surface area contributed by atoms with Gasteiger partial charge in [-0.05, 0) is 68.5 Å². The van der Waals surface area contributed by atoms with Crippen LogP contribution in [0.5, 0.6) is 0 Å². The largest absolute Gasteiger partial charge is 0.416 e. The lowest BCUT2D eigenvalue weighted by molar-refractivity contribution is -0.137. The van der Waals surface area contributed by atoms with E-state index in [0.29, 0.717) is 0 Å². The summed E-state index contributed by atoms with van der Waals surface area (Å²) < 4.78 is 68.6. The van der Waals surface area contributed by atoms with Crippen LogP contribution in [-0.2, 0) is 21.0 Å². The van der Waals surface area contributed by atoms with E-state index in [2.05, 4.69) is 10.6 Å². The van der Waals surface area contributed by atoms with Gasteiger partial charge in [0.15, 0.2) is 0 Å². The van der Waals surface area contributed by atoms with Crippen molar-refractivity contribution in [3.63, 3.8) is 0 Å². The first-order valence-electron chi connectivity index (χ1n) is 12.5. The number of hydrogen-bond donors (Lipinski definition) is 2. The van der Waals surface area contributed by atoms with Crippen molar-refractivity contribution < 1.29 is 31.2 Å². The van der Waals surface area contributed by atoms with Crippen LogP contribution in [0.25, 0.3) is 0 Å². The number of anilines is 1. The SMILES string of the molecule is CC1C/C=C/CN(c2cccc(C(F)(F)F)c2)S(=O)(=O)c2ccc(Cl)c(c2)C(=O)NCC(C)(C2CC2)NC1=O. The summed E-state index contributed by atoms with van der Waals surface area (Å²) in [5, 5.41) is 5.84. The van der Waals surface area contributed by atoms with Crippen LogP contribution in [0.4, 0.5) is 18.9 Å². The predicted octanol–water partition coefficient (Wildman–Crippen LogP) is 5.16. The molecule has 0 aromatic heterocycles. The van der Waals surface area contributed by atoms with Gasteiger partial charge in [0, 0.05) is 12.5 Å². The van der Waals surface area contributed by atoms with E-state index in [4.69, 9.17) is 11.6 Å². The monoisotopic (exact) mass is 583 g/mol. The third-order valence-electron chi connectivity index (χ3n) is 7.11. The highest BCUT2D eigenvalue weighted by molar-refractivity contribution is 7.92.